The minimum Gasteiger partial charge on any atom is -0.397 e. The average Bonchev–Trinajstić information content (AvgIpc) is 2.93. The molecule has 0 saturated carbocycles. The van der Waals surface area contributed by atoms with Gasteiger partial charge in [-0.1, -0.05) is 24.3 Å². The van der Waals surface area contributed by atoms with Crippen molar-refractivity contribution in [3.8, 4) is 22.3 Å². The SMILES string of the molecule is CC(=O)Nc1ccc(-c2ccc(NC(C)=O)c(NC(C)=O)c2)cc1NC(C)=O.Nc1ccc(-c2ccc(N)c(N)c2)cc1N. The summed E-state index contributed by atoms with van der Waals surface area (Å²) in [7, 11) is 0. The highest BCUT2D eigenvalue weighted by Gasteiger charge is 2.12. The van der Waals surface area contributed by atoms with Crippen molar-refractivity contribution in [3.63, 3.8) is 0 Å². The number of carbonyl (C=O) groups excluding carboxylic acids is 4. The predicted octanol–water partition coefficient (Wildman–Crippen LogP) is 4.87. The molecule has 0 atom stereocenters. The van der Waals surface area contributed by atoms with Crippen LogP contribution in [0.25, 0.3) is 22.3 Å². The van der Waals surface area contributed by atoms with Crippen LogP contribution in [0.1, 0.15) is 27.7 Å². The first kappa shape index (κ1) is 32.5. The lowest BCUT2D eigenvalue weighted by molar-refractivity contribution is -0.115. The van der Waals surface area contributed by atoms with Crippen LogP contribution in [0.15, 0.2) is 72.8 Å². The van der Waals surface area contributed by atoms with Crippen LogP contribution in [-0.2, 0) is 19.2 Å². The average molecular weight is 597 g/mol. The number of rotatable bonds is 6. The maximum Gasteiger partial charge on any atom is 0.221 e. The third kappa shape index (κ3) is 8.98. The molecule has 0 aliphatic heterocycles. The Kier molecular flexibility index (Phi) is 10.5. The molecular formula is C32H36N8O4. The van der Waals surface area contributed by atoms with E-state index in [1.54, 1.807) is 48.5 Å². The van der Waals surface area contributed by atoms with E-state index in [0.29, 0.717) is 45.5 Å². The van der Waals surface area contributed by atoms with Gasteiger partial charge in [0.05, 0.1) is 45.5 Å². The van der Waals surface area contributed by atoms with E-state index in [-0.39, 0.29) is 23.6 Å². The normalized spacial score (nSPS) is 10.1. The maximum atomic E-state index is 11.5. The molecule has 12 heteroatoms. The smallest absolute Gasteiger partial charge is 0.221 e. The number of nitrogens with one attached hydrogen (secondary N) is 4. The summed E-state index contributed by atoms with van der Waals surface area (Å²) in [6.45, 7) is 5.51. The highest BCUT2D eigenvalue weighted by molar-refractivity contribution is 6.01. The van der Waals surface area contributed by atoms with Crippen LogP contribution in [0.5, 0.6) is 0 Å². The van der Waals surface area contributed by atoms with Crippen LogP contribution in [0.3, 0.4) is 0 Å². The van der Waals surface area contributed by atoms with Crippen LogP contribution in [0, 0.1) is 0 Å². The van der Waals surface area contributed by atoms with Gasteiger partial charge in [-0.2, -0.15) is 0 Å². The molecule has 0 radical (unpaired) electrons. The minimum absolute atomic E-state index is 0.257. The van der Waals surface area contributed by atoms with Gasteiger partial charge in [0.1, 0.15) is 0 Å². The zero-order valence-electron chi connectivity index (χ0n) is 24.9. The van der Waals surface area contributed by atoms with E-state index in [4.69, 9.17) is 22.9 Å². The van der Waals surface area contributed by atoms with Gasteiger partial charge in [-0.3, -0.25) is 19.2 Å². The van der Waals surface area contributed by atoms with Gasteiger partial charge < -0.3 is 44.2 Å². The Labute approximate surface area is 255 Å². The van der Waals surface area contributed by atoms with Crippen molar-refractivity contribution in [3.05, 3.63) is 72.8 Å². The Hall–Kier alpha value is -6.04. The number of benzene rings is 4. The Bertz CT molecular complexity index is 1610. The molecule has 4 amide bonds. The number of carbonyl (C=O) groups is 4. The van der Waals surface area contributed by atoms with Gasteiger partial charge >= 0.3 is 0 Å². The number of anilines is 8. The summed E-state index contributed by atoms with van der Waals surface area (Å²) < 4.78 is 0. The molecule has 228 valence electrons. The summed E-state index contributed by atoms with van der Waals surface area (Å²) in [4.78, 5) is 45.8. The van der Waals surface area contributed by atoms with E-state index < -0.39 is 0 Å². The van der Waals surface area contributed by atoms with Crippen molar-refractivity contribution < 1.29 is 19.2 Å². The predicted molar refractivity (Wildman–Crippen MR) is 179 cm³/mol. The van der Waals surface area contributed by atoms with Gasteiger partial charge in [0.2, 0.25) is 23.6 Å². The first-order valence-corrected chi connectivity index (χ1v) is 13.4. The van der Waals surface area contributed by atoms with E-state index in [2.05, 4.69) is 21.3 Å². The van der Waals surface area contributed by atoms with Crippen molar-refractivity contribution >= 4 is 69.1 Å². The van der Waals surface area contributed by atoms with Gasteiger partial charge in [-0.05, 0) is 70.8 Å². The molecule has 44 heavy (non-hydrogen) atoms. The van der Waals surface area contributed by atoms with Gasteiger partial charge in [-0.25, -0.2) is 0 Å². The van der Waals surface area contributed by atoms with Gasteiger partial charge in [-0.15, -0.1) is 0 Å². The molecule has 4 rings (SSSR count). The molecule has 0 heterocycles. The van der Waals surface area contributed by atoms with Gasteiger partial charge in [0.25, 0.3) is 0 Å². The monoisotopic (exact) mass is 596 g/mol. The fourth-order valence-electron chi connectivity index (χ4n) is 4.14. The molecule has 4 aromatic carbocycles. The van der Waals surface area contributed by atoms with Crippen LogP contribution < -0.4 is 44.2 Å². The topological polar surface area (TPSA) is 220 Å². The van der Waals surface area contributed by atoms with Gasteiger partial charge in [0, 0.05) is 27.7 Å². The molecule has 0 aliphatic carbocycles. The zero-order valence-corrected chi connectivity index (χ0v) is 24.9. The fourth-order valence-corrected chi connectivity index (χ4v) is 4.14. The number of nitrogens with two attached hydrogens (primary N) is 4. The summed E-state index contributed by atoms with van der Waals surface area (Å²) in [6, 6.07) is 21.4. The lowest BCUT2D eigenvalue weighted by atomic mass is 10.0. The van der Waals surface area contributed by atoms with E-state index in [0.717, 1.165) is 22.3 Å². The Balaban J connectivity index is 0.000000278. The van der Waals surface area contributed by atoms with Crippen molar-refractivity contribution in [2.75, 3.05) is 44.2 Å². The molecule has 0 aliphatic rings. The number of hydrogen-bond acceptors (Lipinski definition) is 8. The third-order valence-corrected chi connectivity index (χ3v) is 6.12. The highest BCUT2D eigenvalue weighted by atomic mass is 16.2. The lowest BCUT2D eigenvalue weighted by Gasteiger charge is -2.15. The number of amides is 4. The van der Waals surface area contributed by atoms with Crippen LogP contribution in [-0.4, -0.2) is 23.6 Å². The van der Waals surface area contributed by atoms with Crippen LogP contribution >= 0.6 is 0 Å². The Morgan fingerprint density at radius 1 is 0.386 bits per heavy atom. The summed E-state index contributed by atoms with van der Waals surface area (Å²) >= 11 is 0. The minimum atomic E-state index is -0.274. The zero-order chi connectivity index (χ0) is 32.6. The molecular weight excluding hydrogens is 560 g/mol. The molecule has 0 spiro atoms. The second kappa shape index (κ2) is 14.2. The fraction of sp³-hybridized carbons (Fsp3) is 0.125. The molecule has 0 fully saturated rings. The molecule has 0 aromatic heterocycles. The molecule has 4 aromatic rings. The Morgan fingerprint density at radius 3 is 0.955 bits per heavy atom. The Morgan fingerprint density at radius 2 is 0.659 bits per heavy atom. The summed E-state index contributed by atoms with van der Waals surface area (Å²) in [5, 5.41) is 10.7. The summed E-state index contributed by atoms with van der Waals surface area (Å²) in [5.41, 5.74) is 30.4. The first-order chi connectivity index (χ1) is 20.7. The molecule has 12 N–H and O–H groups in total. The van der Waals surface area contributed by atoms with Crippen molar-refractivity contribution in [2.24, 2.45) is 0 Å². The quantitative estimate of drug-likeness (QED) is 0.143. The molecule has 0 bridgehead atoms. The van der Waals surface area contributed by atoms with Gasteiger partial charge in [0.15, 0.2) is 0 Å². The van der Waals surface area contributed by atoms with Crippen molar-refractivity contribution in [2.45, 2.75) is 27.7 Å². The maximum absolute atomic E-state index is 11.5. The third-order valence-electron chi connectivity index (χ3n) is 6.12. The number of nitrogen functional groups attached to an aromatic ring is 4. The standard InChI is InChI=1S/C20H22N4O4.C12H14N4/c1-11(25)21-17-7-5-15(9-19(17)23-13(3)27)16-6-8-18(22-12(2)26)20(10-16)24-14(4)28;13-9-3-1-7(5-11(9)15)8-2-4-10(14)12(16)6-8/h5-10H,1-4H3,(H,21,25)(H,22,26)(H,23,27)(H,24,28);1-6H,13-16H2. The summed E-state index contributed by atoms with van der Waals surface area (Å²) in [6.07, 6.45) is 0. The first-order valence-electron chi connectivity index (χ1n) is 13.4. The van der Waals surface area contributed by atoms with E-state index in [1.807, 2.05) is 24.3 Å². The number of hydrogen-bond donors (Lipinski definition) is 8. The molecule has 12 nitrogen and oxygen atoms in total. The van der Waals surface area contributed by atoms with E-state index in [9.17, 15) is 19.2 Å². The van der Waals surface area contributed by atoms with Crippen molar-refractivity contribution in [1.29, 1.82) is 0 Å². The van der Waals surface area contributed by atoms with Crippen LogP contribution in [0.2, 0.25) is 0 Å². The highest BCUT2D eigenvalue weighted by Crippen LogP contribution is 2.33. The largest absolute Gasteiger partial charge is 0.397 e. The van der Waals surface area contributed by atoms with Crippen molar-refractivity contribution in [1.82, 2.24) is 0 Å². The molecule has 0 saturated heterocycles. The molecule has 0 unspecified atom stereocenters. The second-order valence-electron chi connectivity index (χ2n) is 9.93. The van der Waals surface area contributed by atoms with E-state index in [1.165, 1.54) is 27.7 Å². The van der Waals surface area contributed by atoms with Crippen LogP contribution in [0.4, 0.5) is 45.5 Å². The summed E-state index contributed by atoms with van der Waals surface area (Å²) in [5.74, 6) is -1.06. The second-order valence-corrected chi connectivity index (χ2v) is 9.93. The lowest BCUT2D eigenvalue weighted by Crippen LogP contribution is -2.13. The van der Waals surface area contributed by atoms with E-state index >= 15 is 0 Å².